The lowest BCUT2D eigenvalue weighted by molar-refractivity contribution is -0.113. The van der Waals surface area contributed by atoms with E-state index in [9.17, 15) is 9.59 Å². The quantitative estimate of drug-likeness (QED) is 0.721. The molecule has 2 aromatic rings. The Hall–Kier alpha value is -2.28. The van der Waals surface area contributed by atoms with Crippen LogP contribution >= 0.6 is 11.8 Å². The second-order valence-corrected chi connectivity index (χ2v) is 7.18. The number of hydrogen-bond donors (Lipinski definition) is 1. The highest BCUT2D eigenvalue weighted by atomic mass is 32.2. The monoisotopic (exact) mass is 372 g/mol. The van der Waals surface area contributed by atoms with Crippen molar-refractivity contribution in [3.8, 4) is 0 Å². The van der Waals surface area contributed by atoms with E-state index in [1.165, 1.54) is 24.6 Å². The average Bonchev–Trinajstić information content (AvgIpc) is 3.39. The van der Waals surface area contributed by atoms with Crippen molar-refractivity contribution in [2.45, 2.75) is 37.9 Å². The molecule has 1 aromatic heterocycles. The Morgan fingerprint density at radius 2 is 1.92 bits per heavy atom. The van der Waals surface area contributed by atoms with Crippen molar-refractivity contribution in [3.05, 3.63) is 42.2 Å². The molecule has 6 nitrogen and oxygen atoms in total. The zero-order chi connectivity index (χ0) is 18.5. The first-order chi connectivity index (χ1) is 12.6. The highest BCUT2D eigenvalue weighted by Crippen LogP contribution is 2.37. The number of anilines is 1. The summed E-state index contributed by atoms with van der Waals surface area (Å²) in [6, 6.07) is 7.60. The molecule has 0 saturated heterocycles. The maximum Gasteiger partial charge on any atom is 0.253 e. The van der Waals surface area contributed by atoms with E-state index in [1.54, 1.807) is 35.4 Å². The topological polar surface area (TPSA) is 67.2 Å². The van der Waals surface area contributed by atoms with Crippen molar-refractivity contribution in [3.63, 3.8) is 0 Å². The molecule has 0 radical (unpaired) electrons. The minimum Gasteiger partial charge on any atom is -0.339 e. The molecule has 138 valence electrons. The van der Waals surface area contributed by atoms with E-state index in [0.717, 1.165) is 5.16 Å². The first-order valence-corrected chi connectivity index (χ1v) is 9.95. The second kappa shape index (κ2) is 8.40. The van der Waals surface area contributed by atoms with Gasteiger partial charge in [-0.3, -0.25) is 9.59 Å². The number of rotatable bonds is 8. The van der Waals surface area contributed by atoms with Gasteiger partial charge in [0.2, 0.25) is 5.91 Å². The molecule has 0 bridgehead atoms. The van der Waals surface area contributed by atoms with Gasteiger partial charge in [0.25, 0.3) is 5.91 Å². The van der Waals surface area contributed by atoms with Gasteiger partial charge < -0.3 is 14.8 Å². The van der Waals surface area contributed by atoms with Gasteiger partial charge in [0.05, 0.1) is 5.75 Å². The first-order valence-electron chi connectivity index (χ1n) is 8.97. The molecule has 7 heteroatoms. The smallest absolute Gasteiger partial charge is 0.253 e. The van der Waals surface area contributed by atoms with E-state index in [0.29, 0.717) is 36.1 Å². The Labute approximate surface area is 158 Å². The molecule has 1 aliphatic carbocycles. The van der Waals surface area contributed by atoms with Gasteiger partial charge in [-0.25, -0.2) is 4.98 Å². The van der Waals surface area contributed by atoms with Crippen molar-refractivity contribution in [2.75, 3.05) is 24.2 Å². The maximum absolute atomic E-state index is 12.3. The number of carbonyl (C=O) groups excluding carboxylic acids is 2. The molecule has 0 spiro atoms. The number of aromatic nitrogens is 2. The van der Waals surface area contributed by atoms with Crippen LogP contribution in [0.5, 0.6) is 0 Å². The van der Waals surface area contributed by atoms with Crippen molar-refractivity contribution in [1.82, 2.24) is 14.5 Å². The van der Waals surface area contributed by atoms with Crippen LogP contribution < -0.4 is 5.32 Å². The summed E-state index contributed by atoms with van der Waals surface area (Å²) in [6.45, 7) is 5.29. The fraction of sp³-hybridized carbons (Fsp3) is 0.421. The summed E-state index contributed by atoms with van der Waals surface area (Å²) < 4.78 is 2.14. The summed E-state index contributed by atoms with van der Waals surface area (Å²) in [7, 11) is 0. The molecule has 1 fully saturated rings. The molecule has 0 atom stereocenters. The van der Waals surface area contributed by atoms with E-state index in [4.69, 9.17) is 0 Å². The van der Waals surface area contributed by atoms with Crippen molar-refractivity contribution in [2.24, 2.45) is 0 Å². The van der Waals surface area contributed by atoms with Crippen LogP contribution in [0.3, 0.4) is 0 Å². The van der Waals surface area contributed by atoms with Gasteiger partial charge >= 0.3 is 0 Å². The van der Waals surface area contributed by atoms with Crippen molar-refractivity contribution < 1.29 is 9.59 Å². The molecule has 2 amide bonds. The molecule has 0 aliphatic heterocycles. The van der Waals surface area contributed by atoms with E-state index in [-0.39, 0.29) is 11.8 Å². The average molecular weight is 372 g/mol. The van der Waals surface area contributed by atoms with Crippen LogP contribution in [0.2, 0.25) is 0 Å². The molecule has 1 N–H and O–H groups in total. The first kappa shape index (κ1) is 18.5. The SMILES string of the molecule is CCN(CC)C(=O)c1ccc(NC(=O)CSc2nccn2C2CC2)cc1. The van der Waals surface area contributed by atoms with Gasteiger partial charge in [0.1, 0.15) is 0 Å². The lowest BCUT2D eigenvalue weighted by Crippen LogP contribution is -2.30. The predicted octanol–water partition coefficient (Wildman–Crippen LogP) is 3.43. The van der Waals surface area contributed by atoms with Gasteiger partial charge in [-0.2, -0.15) is 0 Å². The molecule has 1 aromatic carbocycles. The molecule has 3 rings (SSSR count). The van der Waals surface area contributed by atoms with Gasteiger partial charge in [0, 0.05) is 42.8 Å². The molecule has 1 heterocycles. The molecular formula is C19H24N4O2S. The third-order valence-electron chi connectivity index (χ3n) is 4.37. The summed E-state index contributed by atoms with van der Waals surface area (Å²) in [5.41, 5.74) is 1.32. The standard InChI is InChI=1S/C19H24N4O2S/c1-3-22(4-2)18(25)14-5-7-15(8-6-14)21-17(24)13-26-19-20-11-12-23(19)16-9-10-16/h5-8,11-12,16H,3-4,9-10,13H2,1-2H3,(H,21,24). The highest BCUT2D eigenvalue weighted by Gasteiger charge is 2.25. The lowest BCUT2D eigenvalue weighted by atomic mass is 10.2. The molecule has 26 heavy (non-hydrogen) atoms. The normalized spacial score (nSPS) is 13.5. The summed E-state index contributed by atoms with van der Waals surface area (Å²) in [6.07, 6.45) is 6.14. The number of amides is 2. The van der Waals surface area contributed by atoms with Crippen LogP contribution in [0.1, 0.15) is 43.1 Å². The Morgan fingerprint density at radius 1 is 1.23 bits per heavy atom. The fourth-order valence-electron chi connectivity index (χ4n) is 2.76. The summed E-state index contributed by atoms with van der Waals surface area (Å²) in [5.74, 6) is 0.239. The lowest BCUT2D eigenvalue weighted by Gasteiger charge is -2.18. The van der Waals surface area contributed by atoms with Crippen LogP contribution in [0.4, 0.5) is 5.69 Å². The predicted molar refractivity (Wildman–Crippen MR) is 104 cm³/mol. The van der Waals surface area contributed by atoms with E-state index in [1.807, 2.05) is 20.0 Å². The van der Waals surface area contributed by atoms with Crippen LogP contribution in [0.25, 0.3) is 0 Å². The number of thioether (sulfide) groups is 1. The van der Waals surface area contributed by atoms with Crippen molar-refractivity contribution in [1.29, 1.82) is 0 Å². The molecular weight excluding hydrogens is 348 g/mol. The maximum atomic E-state index is 12.3. The van der Waals surface area contributed by atoms with Crippen LogP contribution in [-0.4, -0.2) is 45.1 Å². The van der Waals surface area contributed by atoms with Gasteiger partial charge in [-0.1, -0.05) is 11.8 Å². The summed E-state index contributed by atoms with van der Waals surface area (Å²) in [5, 5.41) is 3.76. The molecule has 1 aliphatic rings. The number of nitrogens with zero attached hydrogens (tertiary/aromatic N) is 3. The Bertz CT molecular complexity index is 764. The van der Waals surface area contributed by atoms with Gasteiger partial charge in [-0.15, -0.1) is 0 Å². The van der Waals surface area contributed by atoms with Gasteiger partial charge in [0.15, 0.2) is 5.16 Å². The zero-order valence-electron chi connectivity index (χ0n) is 15.1. The fourth-order valence-corrected chi connectivity index (χ4v) is 3.59. The number of benzene rings is 1. The molecule has 1 saturated carbocycles. The number of imidazole rings is 1. The minimum atomic E-state index is -0.0804. The zero-order valence-corrected chi connectivity index (χ0v) is 16.0. The number of carbonyl (C=O) groups is 2. The highest BCUT2D eigenvalue weighted by molar-refractivity contribution is 7.99. The second-order valence-electron chi connectivity index (χ2n) is 6.24. The summed E-state index contributed by atoms with van der Waals surface area (Å²) >= 11 is 1.45. The van der Waals surface area contributed by atoms with E-state index in [2.05, 4.69) is 14.9 Å². The third kappa shape index (κ3) is 4.46. The van der Waals surface area contributed by atoms with Crippen molar-refractivity contribution >= 4 is 29.3 Å². The van der Waals surface area contributed by atoms with Crippen LogP contribution in [-0.2, 0) is 4.79 Å². The van der Waals surface area contributed by atoms with E-state index >= 15 is 0 Å². The number of nitrogens with one attached hydrogen (secondary N) is 1. The minimum absolute atomic E-state index is 0.00958. The van der Waals surface area contributed by atoms with Gasteiger partial charge in [-0.05, 0) is 51.0 Å². The van der Waals surface area contributed by atoms with Crippen LogP contribution in [0, 0.1) is 0 Å². The Balaban J connectivity index is 1.52. The third-order valence-corrected chi connectivity index (χ3v) is 5.35. The van der Waals surface area contributed by atoms with E-state index < -0.39 is 0 Å². The summed E-state index contributed by atoms with van der Waals surface area (Å²) in [4.78, 5) is 30.6. The Kier molecular flexibility index (Phi) is 5.98. The largest absolute Gasteiger partial charge is 0.339 e. The molecule has 0 unspecified atom stereocenters. The van der Waals surface area contributed by atoms with Crippen LogP contribution in [0.15, 0.2) is 41.8 Å². The Morgan fingerprint density at radius 3 is 2.54 bits per heavy atom. The number of hydrogen-bond acceptors (Lipinski definition) is 4.